The van der Waals surface area contributed by atoms with E-state index in [2.05, 4.69) is 23.7 Å². The van der Waals surface area contributed by atoms with Crippen molar-refractivity contribution in [3.05, 3.63) is 46.2 Å². The molecule has 1 aromatic carbocycles. The van der Waals surface area contributed by atoms with Gasteiger partial charge in [0.05, 0.1) is 5.56 Å². The van der Waals surface area contributed by atoms with E-state index in [0.29, 0.717) is 11.3 Å². The van der Waals surface area contributed by atoms with Gasteiger partial charge in [-0.1, -0.05) is 6.07 Å². The molecular weight excluding hydrogens is 282 g/mol. The van der Waals surface area contributed by atoms with Gasteiger partial charge in [0.2, 0.25) is 0 Å². The van der Waals surface area contributed by atoms with Gasteiger partial charge < -0.3 is 16.0 Å². The van der Waals surface area contributed by atoms with Crippen molar-refractivity contribution in [2.75, 3.05) is 25.1 Å². The van der Waals surface area contributed by atoms with Crippen molar-refractivity contribution in [1.82, 2.24) is 4.90 Å². The standard InChI is InChI=1S/C16H21N3OS/c1-11(9-13-5-4-8-21-13)18-15-10-12(17)6-7-14(15)16(20)19(2)3/h4-8,10-11,18H,9,17H2,1-3H3. The molecule has 5 heteroatoms. The number of nitrogens with one attached hydrogen (secondary N) is 1. The van der Waals surface area contributed by atoms with E-state index >= 15 is 0 Å². The van der Waals surface area contributed by atoms with E-state index in [1.807, 2.05) is 12.1 Å². The highest BCUT2D eigenvalue weighted by atomic mass is 32.1. The van der Waals surface area contributed by atoms with E-state index in [4.69, 9.17) is 5.73 Å². The third kappa shape index (κ3) is 3.98. The third-order valence-electron chi connectivity index (χ3n) is 3.17. The zero-order chi connectivity index (χ0) is 15.4. The Morgan fingerprint density at radius 2 is 2.14 bits per heavy atom. The van der Waals surface area contributed by atoms with Gasteiger partial charge in [0.15, 0.2) is 0 Å². The number of rotatable bonds is 5. The number of carbonyl (C=O) groups excluding carboxylic acids is 1. The number of hydrogen-bond donors (Lipinski definition) is 2. The van der Waals surface area contributed by atoms with Crippen LogP contribution in [0.4, 0.5) is 11.4 Å². The first-order chi connectivity index (χ1) is 9.97. The van der Waals surface area contributed by atoms with Crippen LogP contribution in [-0.4, -0.2) is 30.9 Å². The fourth-order valence-electron chi connectivity index (χ4n) is 2.16. The zero-order valence-electron chi connectivity index (χ0n) is 12.6. The molecule has 1 heterocycles. The van der Waals surface area contributed by atoms with Gasteiger partial charge in [-0.25, -0.2) is 0 Å². The maximum Gasteiger partial charge on any atom is 0.255 e. The molecule has 0 aliphatic heterocycles. The number of nitrogen functional groups attached to an aromatic ring is 1. The molecular formula is C16H21N3OS. The number of hydrogen-bond acceptors (Lipinski definition) is 4. The van der Waals surface area contributed by atoms with Gasteiger partial charge in [0.1, 0.15) is 0 Å². The Hall–Kier alpha value is -2.01. The van der Waals surface area contributed by atoms with Crippen molar-refractivity contribution in [2.45, 2.75) is 19.4 Å². The van der Waals surface area contributed by atoms with E-state index in [9.17, 15) is 4.79 Å². The first kappa shape index (κ1) is 15.4. The highest BCUT2D eigenvalue weighted by Gasteiger charge is 2.15. The summed E-state index contributed by atoms with van der Waals surface area (Å²) in [6, 6.07) is 9.74. The highest BCUT2D eigenvalue weighted by molar-refractivity contribution is 7.09. The first-order valence-electron chi connectivity index (χ1n) is 6.87. The maximum absolute atomic E-state index is 12.2. The number of benzene rings is 1. The van der Waals surface area contributed by atoms with Crippen molar-refractivity contribution < 1.29 is 4.79 Å². The molecule has 2 aromatic rings. The summed E-state index contributed by atoms with van der Waals surface area (Å²) in [4.78, 5) is 15.1. The lowest BCUT2D eigenvalue weighted by molar-refractivity contribution is 0.0828. The summed E-state index contributed by atoms with van der Waals surface area (Å²) in [5, 5.41) is 5.48. The normalized spacial score (nSPS) is 12.0. The lowest BCUT2D eigenvalue weighted by Crippen LogP contribution is -2.25. The molecule has 21 heavy (non-hydrogen) atoms. The molecule has 0 saturated carbocycles. The Kier molecular flexibility index (Phi) is 4.85. The minimum Gasteiger partial charge on any atom is -0.399 e. The summed E-state index contributed by atoms with van der Waals surface area (Å²) in [5.41, 5.74) is 7.94. The Balaban J connectivity index is 2.18. The number of amides is 1. The van der Waals surface area contributed by atoms with Crippen LogP contribution in [0, 0.1) is 0 Å². The average Bonchev–Trinajstić information content (AvgIpc) is 2.90. The highest BCUT2D eigenvalue weighted by Crippen LogP contribution is 2.22. The third-order valence-corrected chi connectivity index (χ3v) is 4.07. The summed E-state index contributed by atoms with van der Waals surface area (Å²) < 4.78 is 0. The van der Waals surface area contributed by atoms with Crippen molar-refractivity contribution in [2.24, 2.45) is 0 Å². The van der Waals surface area contributed by atoms with Crippen molar-refractivity contribution >= 4 is 28.6 Å². The predicted octanol–water partition coefficient (Wildman–Crippen LogP) is 3.08. The van der Waals surface area contributed by atoms with Crippen molar-refractivity contribution in [3.8, 4) is 0 Å². The molecule has 112 valence electrons. The van der Waals surface area contributed by atoms with E-state index in [0.717, 1.165) is 12.1 Å². The molecule has 2 rings (SSSR count). The topological polar surface area (TPSA) is 58.4 Å². The summed E-state index contributed by atoms with van der Waals surface area (Å²) in [5.74, 6) is -0.0270. The zero-order valence-corrected chi connectivity index (χ0v) is 13.4. The van der Waals surface area contributed by atoms with Gasteiger partial charge in [-0.3, -0.25) is 4.79 Å². The molecule has 3 N–H and O–H groups in total. The predicted molar refractivity (Wildman–Crippen MR) is 90.0 cm³/mol. The van der Waals surface area contributed by atoms with E-state index in [1.165, 1.54) is 4.88 Å². The van der Waals surface area contributed by atoms with E-state index < -0.39 is 0 Å². The van der Waals surface area contributed by atoms with Crippen LogP contribution < -0.4 is 11.1 Å². The molecule has 0 radical (unpaired) electrons. The van der Waals surface area contributed by atoms with Crippen LogP contribution >= 0.6 is 11.3 Å². The van der Waals surface area contributed by atoms with Crippen molar-refractivity contribution in [1.29, 1.82) is 0 Å². The quantitative estimate of drug-likeness (QED) is 0.835. The van der Waals surface area contributed by atoms with Gasteiger partial charge >= 0.3 is 0 Å². The van der Waals surface area contributed by atoms with Gasteiger partial charge in [0, 0.05) is 42.8 Å². The van der Waals surface area contributed by atoms with Gasteiger partial charge in [0.25, 0.3) is 5.91 Å². The lowest BCUT2D eigenvalue weighted by atomic mass is 10.1. The van der Waals surface area contributed by atoms with Gasteiger partial charge in [-0.2, -0.15) is 0 Å². The summed E-state index contributed by atoms with van der Waals surface area (Å²) in [7, 11) is 3.50. The second-order valence-corrected chi connectivity index (χ2v) is 6.37. The molecule has 0 aliphatic rings. The Bertz CT molecular complexity index is 608. The Morgan fingerprint density at radius 1 is 1.38 bits per heavy atom. The number of nitrogens with two attached hydrogens (primary N) is 1. The fourth-order valence-corrected chi connectivity index (χ4v) is 2.99. The number of carbonyl (C=O) groups is 1. The maximum atomic E-state index is 12.2. The minimum absolute atomic E-state index is 0.0270. The molecule has 1 amide bonds. The number of nitrogens with zero attached hydrogens (tertiary/aromatic N) is 1. The Morgan fingerprint density at radius 3 is 2.76 bits per heavy atom. The largest absolute Gasteiger partial charge is 0.399 e. The van der Waals surface area contributed by atoms with Crippen molar-refractivity contribution in [3.63, 3.8) is 0 Å². The van der Waals surface area contributed by atoms with E-state index in [1.54, 1.807) is 42.5 Å². The summed E-state index contributed by atoms with van der Waals surface area (Å²) >= 11 is 1.74. The smallest absolute Gasteiger partial charge is 0.255 e. The molecule has 0 bridgehead atoms. The molecule has 0 fully saturated rings. The van der Waals surface area contributed by atoms with Crippen LogP contribution in [-0.2, 0) is 6.42 Å². The molecule has 0 saturated heterocycles. The lowest BCUT2D eigenvalue weighted by Gasteiger charge is -2.19. The van der Waals surface area contributed by atoms with Crippen LogP contribution in [0.25, 0.3) is 0 Å². The Labute approximate surface area is 129 Å². The monoisotopic (exact) mass is 303 g/mol. The average molecular weight is 303 g/mol. The van der Waals surface area contributed by atoms with Gasteiger partial charge in [-0.05, 0) is 36.6 Å². The summed E-state index contributed by atoms with van der Waals surface area (Å²) in [6.07, 6.45) is 0.919. The van der Waals surface area contributed by atoms with Crippen LogP contribution in [0.5, 0.6) is 0 Å². The molecule has 1 atom stereocenters. The number of anilines is 2. The molecule has 0 spiro atoms. The molecule has 1 aromatic heterocycles. The SMILES string of the molecule is CC(Cc1cccs1)Nc1cc(N)ccc1C(=O)N(C)C. The van der Waals surface area contributed by atoms with Crippen LogP contribution in [0.15, 0.2) is 35.7 Å². The number of thiophene rings is 1. The second-order valence-electron chi connectivity index (χ2n) is 5.33. The second kappa shape index (κ2) is 6.63. The van der Waals surface area contributed by atoms with Crippen LogP contribution in [0.2, 0.25) is 0 Å². The van der Waals surface area contributed by atoms with Gasteiger partial charge in [-0.15, -0.1) is 11.3 Å². The molecule has 0 aliphatic carbocycles. The fraction of sp³-hybridized carbons (Fsp3) is 0.312. The summed E-state index contributed by atoms with van der Waals surface area (Å²) in [6.45, 7) is 2.10. The van der Waals surface area contributed by atoms with Crippen LogP contribution in [0.1, 0.15) is 22.2 Å². The van der Waals surface area contributed by atoms with E-state index in [-0.39, 0.29) is 11.9 Å². The van der Waals surface area contributed by atoms with Crippen LogP contribution in [0.3, 0.4) is 0 Å². The molecule has 4 nitrogen and oxygen atoms in total. The minimum atomic E-state index is -0.0270. The first-order valence-corrected chi connectivity index (χ1v) is 7.75. The molecule has 1 unspecified atom stereocenters.